The van der Waals surface area contributed by atoms with Gasteiger partial charge in [0.1, 0.15) is 12.1 Å². The van der Waals surface area contributed by atoms with E-state index >= 15 is 0 Å². The van der Waals surface area contributed by atoms with E-state index in [0.717, 1.165) is 5.56 Å². The summed E-state index contributed by atoms with van der Waals surface area (Å²) in [7, 11) is 0. The van der Waals surface area contributed by atoms with Crippen LogP contribution in [-0.4, -0.2) is 36.3 Å². The second-order valence-electron chi connectivity index (χ2n) is 6.83. The van der Waals surface area contributed by atoms with Gasteiger partial charge >= 0.3 is 0 Å². The van der Waals surface area contributed by atoms with E-state index in [2.05, 4.69) is 0 Å². The number of carbonyl (C=O) groups excluding carboxylic acids is 1. The Morgan fingerprint density at radius 2 is 1.60 bits per heavy atom. The third-order valence-electron chi connectivity index (χ3n) is 4.78. The van der Waals surface area contributed by atoms with Gasteiger partial charge < -0.3 is 19.7 Å². The molecule has 2 N–H and O–H groups in total. The minimum atomic E-state index is -1.40. The predicted molar refractivity (Wildman–Crippen MR) is 110 cm³/mol. The molecule has 0 aromatic heterocycles. The van der Waals surface area contributed by atoms with Crippen molar-refractivity contribution in [2.45, 2.75) is 12.0 Å². The van der Waals surface area contributed by atoms with E-state index in [1.165, 1.54) is 18.2 Å². The first-order valence-electron chi connectivity index (χ1n) is 9.53. The fraction of sp³-hybridized carbons (Fsp3) is 0.208. The van der Waals surface area contributed by atoms with Crippen LogP contribution in [-0.2, 0) is 12.0 Å². The zero-order chi connectivity index (χ0) is 21.4. The predicted octanol–water partition coefficient (Wildman–Crippen LogP) is 3.52. The van der Waals surface area contributed by atoms with Crippen molar-refractivity contribution in [1.29, 1.82) is 0 Å². The van der Waals surface area contributed by atoms with Gasteiger partial charge in [0.2, 0.25) is 0 Å². The number of ether oxygens (including phenoxy) is 2. The molecule has 0 spiro atoms. The van der Waals surface area contributed by atoms with Crippen molar-refractivity contribution in [3.8, 4) is 11.5 Å². The van der Waals surface area contributed by atoms with Crippen LogP contribution in [0.4, 0.5) is 4.39 Å². The molecule has 0 heterocycles. The van der Waals surface area contributed by atoms with E-state index in [9.17, 15) is 19.4 Å². The van der Waals surface area contributed by atoms with Crippen molar-refractivity contribution in [2.75, 3.05) is 19.8 Å². The number of aliphatic hydroxyl groups excluding tert-OH is 2. The lowest BCUT2D eigenvalue weighted by molar-refractivity contribution is -0.0400. The van der Waals surface area contributed by atoms with Gasteiger partial charge in [-0.05, 0) is 35.9 Å². The average Bonchev–Trinajstić information content (AvgIpc) is 2.80. The molecule has 0 atom stereocenters. The number of aliphatic hydroxyl groups is 2. The first-order valence-corrected chi connectivity index (χ1v) is 9.53. The zero-order valence-corrected chi connectivity index (χ0v) is 16.3. The molecule has 0 aliphatic rings. The Morgan fingerprint density at radius 3 is 2.23 bits per heavy atom. The molecule has 0 unspecified atom stereocenters. The van der Waals surface area contributed by atoms with Gasteiger partial charge in [-0.2, -0.15) is 0 Å². The number of aldehydes is 1. The topological polar surface area (TPSA) is 76.0 Å². The number of benzene rings is 3. The molecule has 3 aromatic rings. The van der Waals surface area contributed by atoms with Gasteiger partial charge in [-0.3, -0.25) is 4.79 Å². The van der Waals surface area contributed by atoms with Crippen LogP contribution in [0.1, 0.15) is 21.5 Å². The van der Waals surface area contributed by atoms with Gasteiger partial charge in [-0.15, -0.1) is 0 Å². The number of rotatable bonds is 10. The summed E-state index contributed by atoms with van der Waals surface area (Å²) in [6.45, 7) is -0.666. The Morgan fingerprint density at radius 1 is 0.900 bits per heavy atom. The maximum atomic E-state index is 13.0. The lowest BCUT2D eigenvalue weighted by Crippen LogP contribution is -2.41. The van der Waals surface area contributed by atoms with Gasteiger partial charge in [-0.1, -0.05) is 42.5 Å². The molecule has 0 bridgehead atoms. The van der Waals surface area contributed by atoms with Crippen molar-refractivity contribution in [3.63, 3.8) is 0 Å². The highest BCUT2D eigenvalue weighted by Crippen LogP contribution is 2.35. The number of halogens is 1. The van der Waals surface area contributed by atoms with Crippen molar-refractivity contribution in [2.24, 2.45) is 0 Å². The molecule has 0 radical (unpaired) electrons. The first kappa shape index (κ1) is 21.5. The number of hydrogen-bond donors (Lipinski definition) is 2. The Balaban J connectivity index is 1.83. The maximum absolute atomic E-state index is 13.0. The fourth-order valence-electron chi connectivity index (χ4n) is 3.04. The molecule has 6 heteroatoms. The van der Waals surface area contributed by atoms with E-state index in [-0.39, 0.29) is 11.6 Å². The monoisotopic (exact) mass is 410 g/mol. The molecule has 30 heavy (non-hydrogen) atoms. The third-order valence-corrected chi connectivity index (χ3v) is 4.78. The van der Waals surface area contributed by atoms with E-state index in [1.54, 1.807) is 48.5 Å². The standard InChI is InChI=1S/C24H23FO5/c25-21-9-6-18(7-10-21)12-13-29-22-11-8-19(15-26)14-23(22)30-24(16-27,17-28)20-4-2-1-3-5-20/h1-11,14-15,27-28H,12-13,16-17H2. The van der Waals surface area contributed by atoms with E-state index in [1.807, 2.05) is 6.07 Å². The van der Waals surface area contributed by atoms with Gasteiger partial charge in [0.05, 0.1) is 19.8 Å². The van der Waals surface area contributed by atoms with E-state index in [0.29, 0.717) is 36.2 Å². The van der Waals surface area contributed by atoms with Crippen LogP contribution in [0, 0.1) is 5.82 Å². The molecule has 156 valence electrons. The summed E-state index contributed by atoms with van der Waals surface area (Å²) in [5.41, 5.74) is 0.461. The highest BCUT2D eigenvalue weighted by Gasteiger charge is 2.34. The van der Waals surface area contributed by atoms with Crippen LogP contribution in [0.15, 0.2) is 72.8 Å². The van der Waals surface area contributed by atoms with Crippen LogP contribution in [0.3, 0.4) is 0 Å². The largest absolute Gasteiger partial charge is 0.489 e. The second kappa shape index (κ2) is 10.0. The number of hydrogen-bond acceptors (Lipinski definition) is 5. The van der Waals surface area contributed by atoms with Gasteiger partial charge in [0, 0.05) is 17.5 Å². The highest BCUT2D eigenvalue weighted by molar-refractivity contribution is 5.76. The van der Waals surface area contributed by atoms with Crippen molar-refractivity contribution >= 4 is 6.29 Å². The summed E-state index contributed by atoms with van der Waals surface area (Å²) in [5.74, 6) is 0.292. The van der Waals surface area contributed by atoms with Gasteiger partial charge in [-0.25, -0.2) is 4.39 Å². The van der Waals surface area contributed by atoms with Crippen molar-refractivity contribution in [3.05, 3.63) is 95.3 Å². The number of carbonyl (C=O) groups is 1. The molecule has 3 rings (SSSR count). The Bertz CT molecular complexity index is 953. The highest BCUT2D eigenvalue weighted by atomic mass is 19.1. The summed E-state index contributed by atoms with van der Waals surface area (Å²) in [5, 5.41) is 20.1. The molecule has 0 aliphatic carbocycles. The van der Waals surface area contributed by atoms with Crippen LogP contribution < -0.4 is 9.47 Å². The van der Waals surface area contributed by atoms with Crippen LogP contribution in [0.5, 0.6) is 11.5 Å². The lowest BCUT2D eigenvalue weighted by atomic mass is 9.95. The lowest BCUT2D eigenvalue weighted by Gasteiger charge is -2.32. The van der Waals surface area contributed by atoms with Crippen LogP contribution in [0.25, 0.3) is 0 Å². The molecular weight excluding hydrogens is 387 g/mol. The molecule has 0 fully saturated rings. The van der Waals surface area contributed by atoms with Gasteiger partial charge in [0.25, 0.3) is 0 Å². The molecular formula is C24H23FO5. The molecule has 0 amide bonds. The molecule has 0 aliphatic heterocycles. The summed E-state index contributed by atoms with van der Waals surface area (Å²) in [4.78, 5) is 11.2. The van der Waals surface area contributed by atoms with E-state index < -0.39 is 18.8 Å². The van der Waals surface area contributed by atoms with Crippen LogP contribution in [0.2, 0.25) is 0 Å². The smallest absolute Gasteiger partial charge is 0.180 e. The summed E-state index contributed by atoms with van der Waals surface area (Å²) < 4.78 is 24.9. The molecule has 3 aromatic carbocycles. The second-order valence-corrected chi connectivity index (χ2v) is 6.83. The summed E-state index contributed by atoms with van der Waals surface area (Å²) in [6, 6.07) is 19.7. The Hall–Kier alpha value is -3.22. The van der Waals surface area contributed by atoms with Crippen LogP contribution >= 0.6 is 0 Å². The van der Waals surface area contributed by atoms with Crippen molar-refractivity contribution < 1.29 is 28.9 Å². The normalized spacial score (nSPS) is 11.2. The molecule has 0 saturated heterocycles. The Labute approximate surface area is 174 Å². The Kier molecular flexibility index (Phi) is 7.17. The average molecular weight is 410 g/mol. The minimum Gasteiger partial charge on any atom is -0.489 e. The zero-order valence-electron chi connectivity index (χ0n) is 16.3. The fourth-order valence-corrected chi connectivity index (χ4v) is 3.04. The SMILES string of the molecule is O=Cc1ccc(OCCc2ccc(F)cc2)c(OC(CO)(CO)c2ccccc2)c1. The first-order chi connectivity index (χ1) is 14.6. The summed E-state index contributed by atoms with van der Waals surface area (Å²) in [6.07, 6.45) is 1.22. The van der Waals surface area contributed by atoms with Gasteiger partial charge in [0.15, 0.2) is 17.1 Å². The quantitative estimate of drug-likeness (QED) is 0.500. The maximum Gasteiger partial charge on any atom is 0.180 e. The van der Waals surface area contributed by atoms with Crippen molar-refractivity contribution in [1.82, 2.24) is 0 Å². The van der Waals surface area contributed by atoms with E-state index in [4.69, 9.17) is 9.47 Å². The molecule has 5 nitrogen and oxygen atoms in total. The minimum absolute atomic E-state index is 0.227. The third kappa shape index (κ3) is 5.03. The summed E-state index contributed by atoms with van der Waals surface area (Å²) >= 11 is 0. The molecule has 0 saturated carbocycles.